The second-order valence-corrected chi connectivity index (χ2v) is 7.87. The van der Waals surface area contributed by atoms with Crippen LogP contribution in [0.4, 0.5) is 0 Å². The molecule has 1 aliphatic heterocycles. The average molecular weight is 375 g/mol. The van der Waals surface area contributed by atoms with Crippen LogP contribution in [0.15, 0.2) is 48.9 Å². The minimum Gasteiger partial charge on any atom is -0.424 e. The number of ether oxygens (including phenoxy) is 1. The van der Waals surface area contributed by atoms with Crippen molar-refractivity contribution in [1.29, 1.82) is 0 Å². The van der Waals surface area contributed by atoms with Crippen molar-refractivity contribution in [1.82, 2.24) is 24.8 Å². The predicted molar refractivity (Wildman–Crippen MR) is 107 cm³/mol. The van der Waals surface area contributed by atoms with Crippen LogP contribution in [0, 0.1) is 5.92 Å². The molecule has 0 spiro atoms. The zero-order valence-electron chi connectivity index (χ0n) is 15.9. The zero-order chi connectivity index (χ0) is 18.8. The monoisotopic (exact) mass is 375 g/mol. The normalized spacial score (nSPS) is 18.3. The van der Waals surface area contributed by atoms with E-state index in [0.717, 1.165) is 28.7 Å². The highest BCUT2D eigenvalue weighted by atomic mass is 16.5. The highest BCUT2D eigenvalue weighted by Crippen LogP contribution is 2.33. The fourth-order valence-corrected chi connectivity index (χ4v) is 3.85. The molecule has 1 N–H and O–H groups in total. The van der Waals surface area contributed by atoms with Gasteiger partial charge in [0.25, 0.3) is 0 Å². The van der Waals surface area contributed by atoms with E-state index in [4.69, 9.17) is 4.74 Å². The van der Waals surface area contributed by atoms with Gasteiger partial charge in [0.2, 0.25) is 0 Å². The molecular weight excluding hydrogens is 350 g/mol. The Hall–Kier alpha value is -2.73. The van der Waals surface area contributed by atoms with E-state index in [1.807, 2.05) is 36.5 Å². The van der Waals surface area contributed by atoms with Gasteiger partial charge in [-0.05, 0) is 56.8 Å². The summed E-state index contributed by atoms with van der Waals surface area (Å²) in [5.41, 5.74) is 1.88. The minimum absolute atomic E-state index is 0.345. The largest absolute Gasteiger partial charge is 0.424 e. The van der Waals surface area contributed by atoms with E-state index in [1.54, 1.807) is 12.4 Å². The fraction of sp³-hybridized carbons (Fsp3) is 0.409. The van der Waals surface area contributed by atoms with Crippen LogP contribution < -0.4 is 4.74 Å². The number of para-hydroxylation sites is 1. The highest BCUT2D eigenvalue weighted by Gasteiger charge is 2.28. The number of aromatic nitrogens is 4. The van der Waals surface area contributed by atoms with Gasteiger partial charge >= 0.3 is 6.01 Å². The van der Waals surface area contributed by atoms with E-state index in [2.05, 4.69) is 24.8 Å². The van der Waals surface area contributed by atoms with Crippen LogP contribution in [0.5, 0.6) is 11.8 Å². The first-order chi connectivity index (χ1) is 13.8. The number of nitrogens with zero attached hydrogens (tertiary/aromatic N) is 4. The van der Waals surface area contributed by atoms with Gasteiger partial charge in [0.05, 0.1) is 11.9 Å². The number of rotatable bonds is 6. The Labute approximate surface area is 165 Å². The van der Waals surface area contributed by atoms with Crippen LogP contribution in [-0.4, -0.2) is 44.5 Å². The maximum absolute atomic E-state index is 5.66. The lowest BCUT2D eigenvalue weighted by Crippen LogP contribution is -2.34. The molecule has 144 valence electrons. The molecule has 2 aromatic heterocycles. The standard InChI is InChI=1S/C22H25N5O/c1-2-4-19(5-3-1)28-22-24-12-18(13-25-22)20-14-23-21(26-20)17-8-10-27(11-9-17)15-16-6-7-16/h1-5,12-14,16-17H,6-11,15H2,(H,23,26). The van der Waals surface area contributed by atoms with Crippen LogP contribution in [0.25, 0.3) is 11.3 Å². The summed E-state index contributed by atoms with van der Waals surface area (Å²) in [7, 11) is 0. The first-order valence-corrected chi connectivity index (χ1v) is 10.2. The van der Waals surface area contributed by atoms with Crippen molar-refractivity contribution in [2.45, 2.75) is 31.6 Å². The van der Waals surface area contributed by atoms with Crippen molar-refractivity contribution in [3.05, 3.63) is 54.7 Å². The molecule has 1 aliphatic carbocycles. The van der Waals surface area contributed by atoms with Gasteiger partial charge in [0, 0.05) is 30.4 Å². The third-order valence-electron chi connectivity index (χ3n) is 5.67. The zero-order valence-corrected chi connectivity index (χ0v) is 15.9. The molecule has 28 heavy (non-hydrogen) atoms. The van der Waals surface area contributed by atoms with Crippen molar-refractivity contribution < 1.29 is 4.74 Å². The van der Waals surface area contributed by atoms with Crippen molar-refractivity contribution in [2.24, 2.45) is 5.92 Å². The molecule has 0 unspecified atom stereocenters. The molecule has 0 amide bonds. The van der Waals surface area contributed by atoms with Crippen LogP contribution in [-0.2, 0) is 0 Å². The molecule has 0 radical (unpaired) electrons. The maximum Gasteiger partial charge on any atom is 0.321 e. The molecule has 1 saturated carbocycles. The Morgan fingerprint density at radius 2 is 1.68 bits per heavy atom. The van der Waals surface area contributed by atoms with Crippen LogP contribution in [0.3, 0.4) is 0 Å². The lowest BCUT2D eigenvalue weighted by atomic mass is 9.96. The molecule has 0 bridgehead atoms. The summed E-state index contributed by atoms with van der Waals surface area (Å²) >= 11 is 0. The number of nitrogens with one attached hydrogen (secondary N) is 1. The molecular formula is C22H25N5O. The molecule has 3 heterocycles. The molecule has 2 aliphatic rings. The number of H-pyrrole nitrogens is 1. The quantitative estimate of drug-likeness (QED) is 0.698. The molecule has 6 heteroatoms. The van der Waals surface area contributed by atoms with Crippen molar-refractivity contribution in [2.75, 3.05) is 19.6 Å². The summed E-state index contributed by atoms with van der Waals surface area (Å²) in [6.07, 6.45) is 10.7. The third kappa shape index (κ3) is 4.07. The second-order valence-electron chi connectivity index (χ2n) is 7.87. The highest BCUT2D eigenvalue weighted by molar-refractivity contribution is 5.56. The summed E-state index contributed by atoms with van der Waals surface area (Å²) in [4.78, 5) is 19.4. The molecule has 6 nitrogen and oxygen atoms in total. The van der Waals surface area contributed by atoms with E-state index in [-0.39, 0.29) is 0 Å². The Kier molecular flexibility index (Phi) is 4.79. The number of piperidine rings is 1. The lowest BCUT2D eigenvalue weighted by Gasteiger charge is -2.31. The van der Waals surface area contributed by atoms with Gasteiger partial charge in [-0.25, -0.2) is 15.0 Å². The topological polar surface area (TPSA) is 66.9 Å². The van der Waals surface area contributed by atoms with Crippen molar-refractivity contribution >= 4 is 0 Å². The Morgan fingerprint density at radius 1 is 0.929 bits per heavy atom. The van der Waals surface area contributed by atoms with Crippen molar-refractivity contribution in [3.63, 3.8) is 0 Å². The smallest absolute Gasteiger partial charge is 0.321 e. The van der Waals surface area contributed by atoms with Gasteiger partial charge in [-0.3, -0.25) is 0 Å². The van der Waals surface area contributed by atoms with Crippen LogP contribution in [0.1, 0.15) is 37.4 Å². The van der Waals surface area contributed by atoms with Gasteiger partial charge in [-0.2, -0.15) is 0 Å². The minimum atomic E-state index is 0.345. The van der Waals surface area contributed by atoms with Gasteiger partial charge in [0.1, 0.15) is 11.6 Å². The molecule has 3 aromatic rings. The number of hydrogen-bond donors (Lipinski definition) is 1. The number of benzene rings is 1. The first-order valence-electron chi connectivity index (χ1n) is 10.2. The first kappa shape index (κ1) is 17.4. The van der Waals surface area contributed by atoms with E-state index < -0.39 is 0 Å². The van der Waals surface area contributed by atoms with E-state index in [1.165, 1.54) is 45.3 Å². The molecule has 1 saturated heterocycles. The van der Waals surface area contributed by atoms with Gasteiger partial charge in [-0.15, -0.1) is 0 Å². The Balaban J connectivity index is 1.21. The summed E-state index contributed by atoms with van der Waals surface area (Å²) in [6.45, 7) is 3.67. The maximum atomic E-state index is 5.66. The van der Waals surface area contributed by atoms with E-state index >= 15 is 0 Å². The Morgan fingerprint density at radius 3 is 2.39 bits per heavy atom. The molecule has 0 atom stereocenters. The third-order valence-corrected chi connectivity index (χ3v) is 5.67. The van der Waals surface area contributed by atoms with E-state index in [9.17, 15) is 0 Å². The Bertz CT molecular complexity index is 896. The molecule has 2 fully saturated rings. The van der Waals surface area contributed by atoms with Crippen LogP contribution in [0.2, 0.25) is 0 Å². The predicted octanol–water partition coefficient (Wildman–Crippen LogP) is 4.25. The summed E-state index contributed by atoms with van der Waals surface area (Å²) < 4.78 is 5.66. The summed E-state index contributed by atoms with van der Waals surface area (Å²) in [5.74, 6) is 3.31. The van der Waals surface area contributed by atoms with Gasteiger partial charge in [0.15, 0.2) is 0 Å². The van der Waals surface area contributed by atoms with Gasteiger partial charge in [-0.1, -0.05) is 18.2 Å². The number of imidazole rings is 1. The average Bonchev–Trinajstić information content (AvgIpc) is 3.42. The number of hydrogen-bond acceptors (Lipinski definition) is 5. The van der Waals surface area contributed by atoms with Crippen LogP contribution >= 0.6 is 0 Å². The van der Waals surface area contributed by atoms with Gasteiger partial charge < -0.3 is 14.6 Å². The second kappa shape index (κ2) is 7.72. The summed E-state index contributed by atoms with van der Waals surface area (Å²) in [5, 5.41) is 0. The number of likely N-dealkylation sites (tertiary alicyclic amines) is 1. The van der Waals surface area contributed by atoms with Crippen molar-refractivity contribution in [3.8, 4) is 23.0 Å². The molecule has 1 aromatic carbocycles. The number of aromatic amines is 1. The SMILES string of the molecule is c1ccc(Oc2ncc(-c3cnc(C4CCN(CC5CC5)CC4)[nH]3)cn2)cc1. The lowest BCUT2D eigenvalue weighted by molar-refractivity contribution is 0.202. The molecule has 5 rings (SSSR count). The summed E-state index contributed by atoms with van der Waals surface area (Å²) in [6, 6.07) is 9.91. The van der Waals surface area contributed by atoms with E-state index in [0.29, 0.717) is 11.9 Å². The fourth-order valence-electron chi connectivity index (χ4n) is 3.85.